The minimum Gasteiger partial charge on any atom is -0.477 e. The number of amides is 3. The van der Waals surface area contributed by atoms with Gasteiger partial charge in [0.25, 0.3) is 0 Å². The van der Waals surface area contributed by atoms with Crippen molar-refractivity contribution in [2.24, 2.45) is 0 Å². The van der Waals surface area contributed by atoms with Crippen molar-refractivity contribution in [1.82, 2.24) is 15.2 Å². The smallest absolute Gasteiger partial charge is 0.354 e. The van der Waals surface area contributed by atoms with E-state index < -0.39 is 12.0 Å². The van der Waals surface area contributed by atoms with Gasteiger partial charge in [-0.1, -0.05) is 0 Å². The monoisotopic (exact) mass is 280 g/mol. The number of carboxylic acid groups (broad SMARTS) is 1. The largest absolute Gasteiger partial charge is 0.477 e. The summed E-state index contributed by atoms with van der Waals surface area (Å²) in [6, 6.07) is 2.26. The van der Waals surface area contributed by atoms with E-state index in [-0.39, 0.29) is 18.1 Å². The molecular formula is C12H16N4O4. The average molecular weight is 280 g/mol. The highest BCUT2D eigenvalue weighted by Gasteiger charge is 2.15. The second kappa shape index (κ2) is 7.07. The second-order valence-electron chi connectivity index (χ2n) is 3.85. The lowest BCUT2D eigenvalue weighted by Gasteiger charge is -2.20. The Hall–Kier alpha value is -2.64. The molecule has 0 aliphatic carbocycles. The molecule has 0 aliphatic rings. The standard InChI is InChI=1S/C12H16N4O4/c1-3-16(7-10(17)13-2)12(20)15-8-4-5-9(11(18)19)14-6-8/h4-6H,3,7H2,1-2H3,(H,13,17)(H,15,20)(H,18,19). The van der Waals surface area contributed by atoms with Crippen molar-refractivity contribution in [2.75, 3.05) is 25.5 Å². The van der Waals surface area contributed by atoms with E-state index in [1.165, 1.54) is 30.3 Å². The summed E-state index contributed by atoms with van der Waals surface area (Å²) in [5.74, 6) is -1.42. The molecule has 0 aliphatic heterocycles. The highest BCUT2D eigenvalue weighted by atomic mass is 16.4. The number of carbonyl (C=O) groups is 3. The van der Waals surface area contributed by atoms with Gasteiger partial charge >= 0.3 is 12.0 Å². The number of nitrogens with zero attached hydrogens (tertiary/aromatic N) is 2. The minimum absolute atomic E-state index is 0.0561. The van der Waals surface area contributed by atoms with Crippen LogP contribution in [0.15, 0.2) is 18.3 Å². The van der Waals surface area contributed by atoms with Crippen LogP contribution in [0.5, 0.6) is 0 Å². The maximum Gasteiger partial charge on any atom is 0.354 e. The molecule has 1 aromatic rings. The Morgan fingerprint density at radius 1 is 1.35 bits per heavy atom. The summed E-state index contributed by atoms with van der Waals surface area (Å²) in [5, 5.41) is 13.7. The normalized spacial score (nSPS) is 9.70. The Balaban J connectivity index is 2.68. The third-order valence-electron chi connectivity index (χ3n) is 2.52. The third-order valence-corrected chi connectivity index (χ3v) is 2.52. The summed E-state index contributed by atoms with van der Waals surface area (Å²) in [6.45, 7) is 2.05. The van der Waals surface area contributed by atoms with E-state index in [1.807, 2.05) is 0 Å². The molecule has 20 heavy (non-hydrogen) atoms. The van der Waals surface area contributed by atoms with Crippen molar-refractivity contribution in [2.45, 2.75) is 6.92 Å². The molecule has 1 heterocycles. The first-order valence-electron chi connectivity index (χ1n) is 5.93. The van der Waals surface area contributed by atoms with Gasteiger partial charge in [0.15, 0.2) is 0 Å². The van der Waals surface area contributed by atoms with Crippen LogP contribution >= 0.6 is 0 Å². The highest BCUT2D eigenvalue weighted by molar-refractivity contribution is 5.92. The summed E-state index contributed by atoms with van der Waals surface area (Å²) in [5.41, 5.74) is 0.246. The SMILES string of the molecule is CCN(CC(=O)NC)C(=O)Nc1ccc(C(=O)O)nc1. The van der Waals surface area contributed by atoms with Crippen LogP contribution in [0.3, 0.4) is 0 Å². The van der Waals surface area contributed by atoms with Gasteiger partial charge in [-0.25, -0.2) is 14.6 Å². The molecule has 0 radical (unpaired) electrons. The predicted octanol–water partition coefficient (Wildman–Crippen LogP) is 0.380. The number of urea groups is 1. The molecule has 8 nitrogen and oxygen atoms in total. The fraction of sp³-hybridized carbons (Fsp3) is 0.333. The molecule has 0 fully saturated rings. The van der Waals surface area contributed by atoms with E-state index in [0.717, 1.165) is 0 Å². The van der Waals surface area contributed by atoms with Crippen LogP contribution in [0.25, 0.3) is 0 Å². The van der Waals surface area contributed by atoms with Crippen LogP contribution in [0.4, 0.5) is 10.5 Å². The van der Waals surface area contributed by atoms with Crippen molar-refractivity contribution >= 4 is 23.6 Å². The molecule has 0 saturated heterocycles. The molecule has 0 saturated carbocycles. The first-order valence-corrected chi connectivity index (χ1v) is 5.93. The molecule has 1 rings (SSSR count). The third kappa shape index (κ3) is 4.23. The van der Waals surface area contributed by atoms with Gasteiger partial charge < -0.3 is 20.6 Å². The fourth-order valence-electron chi connectivity index (χ4n) is 1.38. The zero-order valence-electron chi connectivity index (χ0n) is 11.2. The van der Waals surface area contributed by atoms with Crippen molar-refractivity contribution in [1.29, 1.82) is 0 Å². The van der Waals surface area contributed by atoms with Crippen LogP contribution < -0.4 is 10.6 Å². The van der Waals surface area contributed by atoms with Crippen LogP contribution in [0.2, 0.25) is 0 Å². The zero-order chi connectivity index (χ0) is 15.1. The molecule has 0 spiro atoms. The van der Waals surface area contributed by atoms with Crippen molar-refractivity contribution < 1.29 is 19.5 Å². The average Bonchev–Trinajstić information content (AvgIpc) is 2.44. The van der Waals surface area contributed by atoms with E-state index in [9.17, 15) is 14.4 Å². The minimum atomic E-state index is -1.14. The summed E-state index contributed by atoms with van der Waals surface area (Å²) in [6.07, 6.45) is 1.25. The molecule has 0 atom stereocenters. The van der Waals surface area contributed by atoms with E-state index in [0.29, 0.717) is 12.2 Å². The van der Waals surface area contributed by atoms with Gasteiger partial charge in [-0.05, 0) is 19.1 Å². The number of aromatic nitrogens is 1. The molecule has 108 valence electrons. The molecule has 0 unspecified atom stereocenters. The van der Waals surface area contributed by atoms with Crippen molar-refractivity contribution in [3.63, 3.8) is 0 Å². The van der Waals surface area contributed by atoms with Gasteiger partial charge in [-0.15, -0.1) is 0 Å². The second-order valence-corrected chi connectivity index (χ2v) is 3.85. The Bertz CT molecular complexity index is 501. The Morgan fingerprint density at radius 3 is 2.50 bits per heavy atom. The molecule has 3 amide bonds. The quantitative estimate of drug-likeness (QED) is 0.722. The zero-order valence-corrected chi connectivity index (χ0v) is 11.2. The highest BCUT2D eigenvalue weighted by Crippen LogP contribution is 2.07. The number of carbonyl (C=O) groups excluding carboxylic acids is 2. The van der Waals surface area contributed by atoms with Crippen molar-refractivity contribution in [3.8, 4) is 0 Å². The molecule has 0 bridgehead atoms. The maximum absolute atomic E-state index is 11.9. The topological polar surface area (TPSA) is 112 Å². The van der Waals surface area contributed by atoms with Crippen LogP contribution in [0, 0.1) is 0 Å². The number of likely N-dealkylation sites (N-methyl/N-ethyl adjacent to an activating group) is 2. The van der Waals surface area contributed by atoms with Gasteiger partial charge in [0.05, 0.1) is 11.9 Å². The summed E-state index contributed by atoms with van der Waals surface area (Å²) >= 11 is 0. The molecular weight excluding hydrogens is 264 g/mol. The van der Waals surface area contributed by atoms with Crippen molar-refractivity contribution in [3.05, 3.63) is 24.0 Å². The lowest BCUT2D eigenvalue weighted by molar-refractivity contribution is -0.121. The van der Waals surface area contributed by atoms with Gasteiger partial charge in [-0.3, -0.25) is 4.79 Å². The van der Waals surface area contributed by atoms with Gasteiger partial charge in [0.2, 0.25) is 5.91 Å². The lowest BCUT2D eigenvalue weighted by atomic mass is 10.3. The number of carboxylic acids is 1. The number of nitrogens with one attached hydrogen (secondary N) is 2. The van der Waals surface area contributed by atoms with Crippen LogP contribution in [-0.2, 0) is 4.79 Å². The van der Waals surface area contributed by atoms with Crippen LogP contribution in [0.1, 0.15) is 17.4 Å². The summed E-state index contributed by atoms with van der Waals surface area (Å²) < 4.78 is 0. The van der Waals surface area contributed by atoms with E-state index in [1.54, 1.807) is 6.92 Å². The van der Waals surface area contributed by atoms with E-state index in [4.69, 9.17) is 5.11 Å². The number of rotatable bonds is 5. The Kier molecular flexibility index (Phi) is 5.45. The van der Waals surface area contributed by atoms with E-state index >= 15 is 0 Å². The van der Waals surface area contributed by atoms with E-state index in [2.05, 4.69) is 15.6 Å². The Morgan fingerprint density at radius 2 is 2.05 bits per heavy atom. The number of anilines is 1. The molecule has 8 heteroatoms. The maximum atomic E-state index is 11.9. The molecule has 0 aromatic carbocycles. The lowest BCUT2D eigenvalue weighted by Crippen LogP contribution is -2.41. The van der Waals surface area contributed by atoms with Crippen LogP contribution in [-0.4, -0.2) is 53.0 Å². The molecule has 3 N–H and O–H groups in total. The molecule has 1 aromatic heterocycles. The summed E-state index contributed by atoms with van der Waals surface area (Å²) in [4.78, 5) is 38.8. The number of aromatic carboxylic acids is 1. The first kappa shape index (κ1) is 15.4. The number of hydrogen-bond acceptors (Lipinski definition) is 4. The first-order chi connectivity index (χ1) is 9.47. The van der Waals surface area contributed by atoms with Gasteiger partial charge in [0.1, 0.15) is 12.2 Å². The van der Waals surface area contributed by atoms with Gasteiger partial charge in [-0.2, -0.15) is 0 Å². The predicted molar refractivity (Wildman–Crippen MR) is 71.5 cm³/mol. The summed E-state index contributed by atoms with van der Waals surface area (Å²) in [7, 11) is 1.49. The number of hydrogen-bond donors (Lipinski definition) is 3. The number of pyridine rings is 1. The van der Waals surface area contributed by atoms with Gasteiger partial charge in [0, 0.05) is 13.6 Å². The Labute approximate surface area is 115 Å². The fourth-order valence-corrected chi connectivity index (χ4v) is 1.38.